The number of esters is 1. The molecule has 0 aromatic heterocycles. The summed E-state index contributed by atoms with van der Waals surface area (Å²) >= 11 is 0. The van der Waals surface area contributed by atoms with Crippen LogP contribution in [-0.2, 0) is 9.53 Å². The fourth-order valence-corrected chi connectivity index (χ4v) is 1.04. The molecule has 0 aliphatic rings. The highest BCUT2D eigenvalue weighted by Gasteiger charge is 1.99. The molecule has 0 heterocycles. The van der Waals surface area contributed by atoms with Crippen LogP contribution >= 0.6 is 0 Å². The smallest absolute Gasteiger partial charge is 0.334 e. The van der Waals surface area contributed by atoms with Gasteiger partial charge in [-0.15, -0.1) is 0 Å². The zero-order chi connectivity index (χ0) is 13.7. The lowest BCUT2D eigenvalue weighted by Gasteiger charge is -2.04. The topological polar surface area (TPSA) is 46.5 Å². The molecular weight excluding hydrogens is 216 g/mol. The van der Waals surface area contributed by atoms with E-state index in [2.05, 4.69) is 27.7 Å². The number of aliphatic hydroxyl groups excluding tert-OH is 1. The van der Waals surface area contributed by atoms with E-state index in [1.807, 2.05) is 0 Å². The molecule has 0 atom stereocenters. The average Bonchev–Trinajstić information content (AvgIpc) is 2.16. The maximum Gasteiger partial charge on any atom is 0.334 e. The molecule has 0 unspecified atom stereocenters. The van der Waals surface area contributed by atoms with Crippen LogP contribution in [-0.4, -0.2) is 17.7 Å². The summed E-state index contributed by atoms with van der Waals surface area (Å²) < 4.78 is 4.86. The van der Waals surface area contributed by atoms with Crippen molar-refractivity contribution in [3.8, 4) is 0 Å². The number of ether oxygens (including phenoxy) is 1. The Balaban J connectivity index is 0. The second-order valence-corrected chi connectivity index (χ2v) is 4.55. The van der Waals surface area contributed by atoms with E-state index < -0.39 is 5.97 Å². The van der Waals surface area contributed by atoms with E-state index in [-0.39, 0.29) is 5.76 Å². The Bertz CT molecular complexity index is 204. The predicted molar refractivity (Wildman–Crippen MR) is 72.0 cm³/mol. The molecule has 3 heteroatoms. The van der Waals surface area contributed by atoms with E-state index >= 15 is 0 Å². The van der Waals surface area contributed by atoms with Gasteiger partial charge in [-0.1, -0.05) is 40.5 Å². The third-order valence-corrected chi connectivity index (χ3v) is 1.75. The zero-order valence-electron chi connectivity index (χ0n) is 12.0. The van der Waals surface area contributed by atoms with Crippen LogP contribution in [0.2, 0.25) is 0 Å². The van der Waals surface area contributed by atoms with Crippen molar-refractivity contribution in [3.63, 3.8) is 0 Å². The lowest BCUT2D eigenvalue weighted by Crippen LogP contribution is -2.03. The summed E-state index contributed by atoms with van der Waals surface area (Å²) in [7, 11) is 0. The number of hydrogen-bond acceptors (Lipinski definition) is 3. The summed E-state index contributed by atoms with van der Waals surface area (Å²) in [5.41, 5.74) is 0. The third-order valence-electron chi connectivity index (χ3n) is 1.75. The van der Waals surface area contributed by atoms with Gasteiger partial charge in [0.2, 0.25) is 0 Å². The van der Waals surface area contributed by atoms with E-state index in [4.69, 9.17) is 9.84 Å². The highest BCUT2D eigenvalue weighted by atomic mass is 16.5. The lowest BCUT2D eigenvalue weighted by atomic mass is 10.1. The first-order chi connectivity index (χ1) is 7.93. The molecule has 0 aliphatic heterocycles. The second kappa shape index (κ2) is 13.1. The number of unbranched alkanes of at least 4 members (excludes halogenated alkanes) is 1. The van der Waals surface area contributed by atoms with Crippen molar-refractivity contribution >= 4 is 5.97 Å². The number of aliphatic hydroxyl groups is 1. The monoisotopic (exact) mass is 244 g/mol. The Hall–Kier alpha value is -0.990. The molecule has 0 rings (SSSR count). The normalized spacial score (nSPS) is 10.8. The van der Waals surface area contributed by atoms with Crippen molar-refractivity contribution in [2.75, 3.05) is 6.61 Å². The van der Waals surface area contributed by atoms with Gasteiger partial charge in [0.25, 0.3) is 0 Å². The Morgan fingerprint density at radius 1 is 1.29 bits per heavy atom. The molecular formula is C14H28O3. The predicted octanol–water partition coefficient (Wildman–Crippen LogP) is 4.23. The van der Waals surface area contributed by atoms with E-state index in [0.717, 1.165) is 25.3 Å². The maximum absolute atomic E-state index is 10.9. The van der Waals surface area contributed by atoms with Gasteiger partial charge >= 0.3 is 5.97 Å². The van der Waals surface area contributed by atoms with Gasteiger partial charge in [-0.25, -0.2) is 4.79 Å². The van der Waals surface area contributed by atoms with Crippen molar-refractivity contribution in [1.82, 2.24) is 0 Å². The first-order valence-corrected chi connectivity index (χ1v) is 6.48. The number of carbonyl (C=O) groups is 1. The van der Waals surface area contributed by atoms with Crippen molar-refractivity contribution < 1.29 is 14.6 Å². The van der Waals surface area contributed by atoms with Crippen molar-refractivity contribution in [3.05, 3.63) is 11.8 Å². The van der Waals surface area contributed by atoms with E-state index in [0.29, 0.717) is 12.5 Å². The molecule has 1 N–H and O–H groups in total. The van der Waals surface area contributed by atoms with Crippen LogP contribution in [0.5, 0.6) is 0 Å². The van der Waals surface area contributed by atoms with Crippen LogP contribution in [0, 0.1) is 5.92 Å². The Morgan fingerprint density at radius 3 is 2.24 bits per heavy atom. The molecule has 0 bridgehead atoms. The minimum absolute atomic E-state index is 0.0165. The molecule has 0 radical (unpaired) electrons. The highest BCUT2D eigenvalue weighted by molar-refractivity contribution is 5.82. The van der Waals surface area contributed by atoms with Gasteiger partial charge in [-0.05, 0) is 25.7 Å². The van der Waals surface area contributed by atoms with Gasteiger partial charge in [-0.2, -0.15) is 0 Å². The fraction of sp³-hybridized carbons (Fsp3) is 0.786. The summed E-state index contributed by atoms with van der Waals surface area (Å²) in [4.78, 5) is 10.9. The molecule has 17 heavy (non-hydrogen) atoms. The Morgan fingerprint density at radius 2 is 1.82 bits per heavy atom. The zero-order valence-corrected chi connectivity index (χ0v) is 12.0. The summed E-state index contributed by atoms with van der Waals surface area (Å²) in [6, 6.07) is 0. The lowest BCUT2D eigenvalue weighted by molar-refractivity contribution is -0.138. The summed E-state index contributed by atoms with van der Waals surface area (Å²) in [6.07, 6.45) is 5.46. The molecule has 0 aromatic rings. The van der Waals surface area contributed by atoms with E-state index in [1.165, 1.54) is 13.3 Å². The van der Waals surface area contributed by atoms with Gasteiger partial charge in [0.1, 0.15) is 0 Å². The summed E-state index contributed by atoms with van der Waals surface area (Å²) in [5.74, 6) is 0.219. The molecule has 0 spiro atoms. The first-order valence-electron chi connectivity index (χ1n) is 6.48. The second-order valence-electron chi connectivity index (χ2n) is 4.55. The molecule has 3 nitrogen and oxygen atoms in total. The fourth-order valence-electron chi connectivity index (χ4n) is 1.04. The summed E-state index contributed by atoms with van der Waals surface area (Å²) in [5, 5.41) is 8.76. The molecule has 0 aliphatic carbocycles. The van der Waals surface area contributed by atoms with E-state index in [1.54, 1.807) is 0 Å². The number of allylic oxidation sites excluding steroid dienone is 1. The van der Waals surface area contributed by atoms with Gasteiger partial charge in [0.15, 0.2) is 0 Å². The van der Waals surface area contributed by atoms with Crippen LogP contribution in [0.3, 0.4) is 0 Å². The molecule has 0 fully saturated rings. The Kier molecular flexibility index (Phi) is 14.1. The van der Waals surface area contributed by atoms with Gasteiger partial charge < -0.3 is 9.84 Å². The van der Waals surface area contributed by atoms with Crippen LogP contribution < -0.4 is 0 Å². The van der Waals surface area contributed by atoms with Crippen molar-refractivity contribution in [2.24, 2.45) is 5.92 Å². The van der Waals surface area contributed by atoms with Gasteiger partial charge in [0.05, 0.1) is 18.4 Å². The van der Waals surface area contributed by atoms with Gasteiger partial charge in [0, 0.05) is 0 Å². The molecule has 0 amide bonds. The van der Waals surface area contributed by atoms with Crippen LogP contribution in [0.25, 0.3) is 0 Å². The maximum atomic E-state index is 10.9. The molecule has 102 valence electrons. The number of rotatable bonds is 6. The van der Waals surface area contributed by atoms with Crippen LogP contribution in [0.15, 0.2) is 11.8 Å². The van der Waals surface area contributed by atoms with E-state index in [9.17, 15) is 4.79 Å². The Labute approximate surface area is 106 Å². The number of hydrogen-bond donors (Lipinski definition) is 1. The quantitative estimate of drug-likeness (QED) is 0.329. The largest absolute Gasteiger partial charge is 0.512 e. The summed E-state index contributed by atoms with van der Waals surface area (Å²) in [6.45, 7) is 10.5. The minimum Gasteiger partial charge on any atom is -0.512 e. The molecule has 0 aromatic carbocycles. The SMILES string of the molecule is C/C(O)=C/C(=O)OCCCCC(C)C.CCC. The average molecular weight is 244 g/mol. The number of carbonyl (C=O) groups excluding carboxylic acids is 1. The van der Waals surface area contributed by atoms with Crippen molar-refractivity contribution in [1.29, 1.82) is 0 Å². The van der Waals surface area contributed by atoms with Crippen LogP contribution in [0.4, 0.5) is 0 Å². The van der Waals surface area contributed by atoms with Crippen molar-refractivity contribution in [2.45, 2.75) is 60.3 Å². The van der Waals surface area contributed by atoms with Crippen LogP contribution in [0.1, 0.15) is 60.3 Å². The third kappa shape index (κ3) is 21.0. The molecule has 0 saturated heterocycles. The standard InChI is InChI=1S/C11H20O3.C3H8/c1-9(2)6-4-5-7-14-11(13)8-10(3)12;1-3-2/h8-9,12H,4-7H2,1-3H3;3H2,1-2H3/b10-8-;. The molecule has 0 saturated carbocycles. The van der Waals surface area contributed by atoms with Gasteiger partial charge in [-0.3, -0.25) is 0 Å². The minimum atomic E-state index is -0.463. The highest BCUT2D eigenvalue weighted by Crippen LogP contribution is 2.06. The first kappa shape index (κ1) is 18.4.